The first kappa shape index (κ1) is 15.5. The third-order valence-electron chi connectivity index (χ3n) is 5.55. The first-order valence-corrected chi connectivity index (χ1v) is 9.39. The zero-order valence-corrected chi connectivity index (χ0v) is 14.1. The van der Waals surface area contributed by atoms with Crippen LogP contribution >= 0.6 is 11.3 Å². The molecule has 2 aliphatic carbocycles. The van der Waals surface area contributed by atoms with Crippen LogP contribution in [0.25, 0.3) is 0 Å². The SMILES string of the molecule is NC1C2CCC(C2)C1C(=O)Nc1nc(CN2CCOCC2)cs1. The maximum Gasteiger partial charge on any atom is 0.231 e. The molecule has 6 nitrogen and oxygen atoms in total. The average Bonchev–Trinajstić information content (AvgIpc) is 3.25. The fourth-order valence-electron chi connectivity index (χ4n) is 4.34. The Morgan fingerprint density at radius 2 is 2.17 bits per heavy atom. The molecule has 2 saturated carbocycles. The van der Waals surface area contributed by atoms with Gasteiger partial charge in [-0.2, -0.15) is 0 Å². The lowest BCUT2D eigenvalue weighted by Gasteiger charge is -2.26. The van der Waals surface area contributed by atoms with Gasteiger partial charge in [-0.3, -0.25) is 9.69 Å². The molecule has 3 N–H and O–H groups in total. The van der Waals surface area contributed by atoms with Crippen LogP contribution < -0.4 is 11.1 Å². The van der Waals surface area contributed by atoms with Crippen LogP contribution in [0.15, 0.2) is 5.38 Å². The summed E-state index contributed by atoms with van der Waals surface area (Å²) in [6.45, 7) is 4.29. The molecular weight excluding hydrogens is 312 g/mol. The van der Waals surface area contributed by atoms with Gasteiger partial charge in [0.25, 0.3) is 0 Å². The van der Waals surface area contributed by atoms with Crippen LogP contribution in [-0.2, 0) is 16.1 Å². The predicted octanol–water partition coefficient (Wildman–Crippen LogP) is 1.29. The largest absolute Gasteiger partial charge is 0.379 e. The molecule has 2 bridgehead atoms. The first-order valence-electron chi connectivity index (χ1n) is 8.51. The van der Waals surface area contributed by atoms with E-state index in [4.69, 9.17) is 10.5 Å². The lowest BCUT2D eigenvalue weighted by atomic mass is 9.84. The van der Waals surface area contributed by atoms with E-state index in [9.17, 15) is 4.79 Å². The molecule has 23 heavy (non-hydrogen) atoms. The molecule has 7 heteroatoms. The number of aromatic nitrogens is 1. The summed E-state index contributed by atoms with van der Waals surface area (Å²) >= 11 is 1.50. The van der Waals surface area contributed by atoms with Gasteiger partial charge in [0.1, 0.15) is 0 Å². The second-order valence-corrected chi connectivity index (χ2v) is 7.82. The summed E-state index contributed by atoms with van der Waals surface area (Å²) in [5.41, 5.74) is 7.27. The van der Waals surface area contributed by atoms with Gasteiger partial charge in [-0.25, -0.2) is 4.98 Å². The molecule has 3 aliphatic rings. The Morgan fingerprint density at radius 3 is 2.91 bits per heavy atom. The van der Waals surface area contributed by atoms with Gasteiger partial charge in [0.05, 0.1) is 24.8 Å². The second-order valence-electron chi connectivity index (χ2n) is 6.96. The highest BCUT2D eigenvalue weighted by Crippen LogP contribution is 2.47. The molecular formula is C16H24N4O2S. The lowest BCUT2D eigenvalue weighted by Crippen LogP contribution is -2.42. The van der Waals surface area contributed by atoms with Crippen molar-refractivity contribution < 1.29 is 9.53 Å². The number of nitrogens with zero attached hydrogens (tertiary/aromatic N) is 2. The Balaban J connectivity index is 1.35. The van der Waals surface area contributed by atoms with Gasteiger partial charge < -0.3 is 15.8 Å². The van der Waals surface area contributed by atoms with E-state index in [1.807, 2.05) is 5.38 Å². The monoisotopic (exact) mass is 336 g/mol. The van der Waals surface area contributed by atoms with E-state index in [2.05, 4.69) is 15.2 Å². The van der Waals surface area contributed by atoms with Crippen molar-refractivity contribution in [3.8, 4) is 0 Å². The van der Waals surface area contributed by atoms with Crippen molar-refractivity contribution in [2.75, 3.05) is 31.6 Å². The Kier molecular flexibility index (Phi) is 4.36. The highest BCUT2D eigenvalue weighted by atomic mass is 32.1. The highest BCUT2D eigenvalue weighted by Gasteiger charge is 2.49. The van der Waals surface area contributed by atoms with Crippen molar-refractivity contribution in [2.24, 2.45) is 23.5 Å². The standard InChI is InChI=1S/C16H24N4O2S/c17-14-11-2-1-10(7-11)13(14)15(21)19-16-18-12(9-23-16)8-20-3-5-22-6-4-20/h9-11,13-14H,1-8,17H2,(H,18,19,21). The van der Waals surface area contributed by atoms with Crippen LogP contribution in [0.4, 0.5) is 5.13 Å². The molecule has 4 atom stereocenters. The molecule has 2 heterocycles. The summed E-state index contributed by atoms with van der Waals surface area (Å²) in [5.74, 6) is 1.06. The number of morpholine rings is 1. The van der Waals surface area contributed by atoms with Crippen LogP contribution in [0, 0.1) is 17.8 Å². The maximum atomic E-state index is 12.6. The summed E-state index contributed by atoms with van der Waals surface area (Å²) in [6.07, 6.45) is 3.46. The predicted molar refractivity (Wildman–Crippen MR) is 89.1 cm³/mol. The van der Waals surface area contributed by atoms with E-state index in [1.54, 1.807) is 0 Å². The molecule has 4 rings (SSSR count). The van der Waals surface area contributed by atoms with Crippen molar-refractivity contribution in [2.45, 2.75) is 31.8 Å². The summed E-state index contributed by atoms with van der Waals surface area (Å²) in [6, 6.07) is 0.0292. The van der Waals surface area contributed by atoms with Crippen LogP contribution in [-0.4, -0.2) is 48.1 Å². The number of fused-ring (bicyclic) bond motifs is 2. The van der Waals surface area contributed by atoms with Gasteiger partial charge in [-0.15, -0.1) is 11.3 Å². The van der Waals surface area contributed by atoms with Gasteiger partial charge >= 0.3 is 0 Å². The molecule has 1 aromatic heterocycles. The van der Waals surface area contributed by atoms with Crippen LogP contribution in [0.5, 0.6) is 0 Å². The Morgan fingerprint density at radius 1 is 1.39 bits per heavy atom. The van der Waals surface area contributed by atoms with E-state index < -0.39 is 0 Å². The third-order valence-corrected chi connectivity index (χ3v) is 6.36. The maximum absolute atomic E-state index is 12.6. The third kappa shape index (κ3) is 3.15. The van der Waals surface area contributed by atoms with Gasteiger partial charge in [0.2, 0.25) is 5.91 Å². The van der Waals surface area contributed by atoms with E-state index in [-0.39, 0.29) is 17.9 Å². The minimum atomic E-state index is -0.0275. The molecule has 0 aromatic carbocycles. The number of nitrogens with two attached hydrogens (primary N) is 1. The average molecular weight is 336 g/mol. The zero-order valence-electron chi connectivity index (χ0n) is 13.2. The summed E-state index contributed by atoms with van der Waals surface area (Å²) in [4.78, 5) is 19.5. The fraction of sp³-hybridized carbons (Fsp3) is 0.750. The number of anilines is 1. The van der Waals surface area contributed by atoms with Crippen molar-refractivity contribution in [1.82, 2.24) is 9.88 Å². The van der Waals surface area contributed by atoms with Gasteiger partial charge in [0, 0.05) is 31.1 Å². The lowest BCUT2D eigenvalue weighted by molar-refractivity contribution is -0.121. The number of hydrogen-bond acceptors (Lipinski definition) is 6. The molecule has 3 fully saturated rings. The minimum absolute atomic E-state index is 0.0275. The van der Waals surface area contributed by atoms with E-state index >= 15 is 0 Å². The summed E-state index contributed by atoms with van der Waals surface area (Å²) in [7, 11) is 0. The van der Waals surface area contributed by atoms with Gasteiger partial charge in [0.15, 0.2) is 5.13 Å². The number of carbonyl (C=O) groups is 1. The minimum Gasteiger partial charge on any atom is -0.379 e. The number of amides is 1. The van der Waals surface area contributed by atoms with Crippen molar-refractivity contribution in [1.29, 1.82) is 0 Å². The topological polar surface area (TPSA) is 80.5 Å². The van der Waals surface area contributed by atoms with Crippen LogP contribution in [0.3, 0.4) is 0 Å². The van der Waals surface area contributed by atoms with E-state index in [1.165, 1.54) is 17.8 Å². The fourth-order valence-corrected chi connectivity index (χ4v) is 5.04. The normalized spacial score (nSPS) is 34.0. The number of nitrogens with one attached hydrogen (secondary N) is 1. The number of hydrogen-bond donors (Lipinski definition) is 2. The molecule has 0 radical (unpaired) electrons. The molecule has 4 unspecified atom stereocenters. The van der Waals surface area contributed by atoms with Gasteiger partial charge in [-0.1, -0.05) is 0 Å². The number of thiazole rings is 1. The summed E-state index contributed by atoms with van der Waals surface area (Å²) < 4.78 is 5.36. The summed E-state index contributed by atoms with van der Waals surface area (Å²) in [5, 5.41) is 5.74. The van der Waals surface area contributed by atoms with E-state index in [0.29, 0.717) is 17.0 Å². The number of ether oxygens (including phenoxy) is 1. The first-order chi connectivity index (χ1) is 11.2. The van der Waals surface area contributed by atoms with Gasteiger partial charge in [-0.05, 0) is 31.1 Å². The smallest absolute Gasteiger partial charge is 0.231 e. The quantitative estimate of drug-likeness (QED) is 0.866. The second kappa shape index (κ2) is 6.47. The van der Waals surface area contributed by atoms with Crippen molar-refractivity contribution in [3.63, 3.8) is 0 Å². The van der Waals surface area contributed by atoms with Crippen LogP contribution in [0.2, 0.25) is 0 Å². The Labute approximate surface area is 140 Å². The molecule has 1 saturated heterocycles. The molecule has 1 amide bonds. The number of carbonyl (C=O) groups excluding carboxylic acids is 1. The Hall–Kier alpha value is -1.02. The number of rotatable bonds is 4. The molecule has 1 aliphatic heterocycles. The van der Waals surface area contributed by atoms with Crippen molar-refractivity contribution in [3.05, 3.63) is 11.1 Å². The van der Waals surface area contributed by atoms with Crippen molar-refractivity contribution >= 4 is 22.4 Å². The van der Waals surface area contributed by atoms with E-state index in [0.717, 1.165) is 51.4 Å². The highest BCUT2D eigenvalue weighted by molar-refractivity contribution is 7.13. The molecule has 0 spiro atoms. The molecule has 1 aromatic rings. The zero-order chi connectivity index (χ0) is 15.8. The Bertz CT molecular complexity index is 570. The van der Waals surface area contributed by atoms with Crippen LogP contribution in [0.1, 0.15) is 25.0 Å². The molecule has 126 valence electrons.